The molecule has 0 aromatic heterocycles. The molecule has 0 aliphatic heterocycles. The van der Waals surface area contributed by atoms with E-state index in [4.69, 9.17) is 0 Å². The summed E-state index contributed by atoms with van der Waals surface area (Å²) in [5, 5.41) is 8.21. The van der Waals surface area contributed by atoms with Crippen molar-refractivity contribution in [3.05, 3.63) is 0 Å². The van der Waals surface area contributed by atoms with E-state index in [-0.39, 0.29) is 23.6 Å². The van der Waals surface area contributed by atoms with Gasteiger partial charge in [-0.25, -0.2) is 0 Å². The number of carbonyl (C=O) groups is 3. The summed E-state index contributed by atoms with van der Waals surface area (Å²) >= 11 is 0. The molecule has 0 aliphatic rings. The first-order chi connectivity index (χ1) is 11.0. The number of carbonyl (C=O) groups excluding carboxylic acids is 3. The average molecular weight is 341 g/mol. The normalized spacial score (nSPS) is 14.0. The summed E-state index contributed by atoms with van der Waals surface area (Å²) in [5.41, 5.74) is -0.426. The van der Waals surface area contributed by atoms with Crippen LogP contribution in [0, 0.1) is 11.3 Å². The molecule has 0 radical (unpaired) electrons. The predicted octanol–water partition coefficient (Wildman–Crippen LogP) is 1.98. The molecule has 0 saturated heterocycles. The van der Waals surface area contributed by atoms with E-state index in [9.17, 15) is 14.4 Å². The average Bonchev–Trinajstić information content (AvgIpc) is 2.47. The molecule has 140 valence electrons. The number of hydrogen-bond donors (Lipinski definition) is 3. The van der Waals surface area contributed by atoms with Crippen LogP contribution in [0.5, 0.6) is 0 Å². The monoisotopic (exact) mass is 341 g/mol. The van der Waals surface area contributed by atoms with Crippen molar-refractivity contribution in [2.75, 3.05) is 7.05 Å². The summed E-state index contributed by atoms with van der Waals surface area (Å²) in [6.07, 6.45) is 2.67. The molecule has 0 rings (SSSR count). The zero-order chi connectivity index (χ0) is 18.9. The quantitative estimate of drug-likeness (QED) is 0.599. The Morgan fingerprint density at radius 3 is 2.00 bits per heavy atom. The van der Waals surface area contributed by atoms with Gasteiger partial charge in [-0.1, -0.05) is 48.0 Å². The summed E-state index contributed by atoms with van der Waals surface area (Å²) in [6, 6.07) is -1.28. The Bertz CT molecular complexity index is 428. The third kappa shape index (κ3) is 8.31. The van der Waals surface area contributed by atoms with E-state index in [0.717, 1.165) is 12.8 Å². The van der Waals surface area contributed by atoms with Crippen LogP contribution in [0.4, 0.5) is 0 Å². The van der Waals surface area contributed by atoms with Crippen LogP contribution in [-0.2, 0) is 14.4 Å². The molecule has 0 aliphatic carbocycles. The van der Waals surface area contributed by atoms with Gasteiger partial charge in [0.25, 0.3) is 0 Å². The van der Waals surface area contributed by atoms with Gasteiger partial charge in [0.2, 0.25) is 17.7 Å². The molecule has 3 N–H and O–H groups in total. The number of nitrogens with one attached hydrogen (secondary N) is 3. The molecule has 0 saturated carbocycles. The molecule has 0 unspecified atom stereocenters. The van der Waals surface area contributed by atoms with Crippen molar-refractivity contribution in [3.63, 3.8) is 0 Å². The minimum atomic E-state index is -0.655. The summed E-state index contributed by atoms with van der Waals surface area (Å²) in [5.74, 6) is -0.418. The van der Waals surface area contributed by atoms with Crippen molar-refractivity contribution in [2.45, 2.75) is 79.3 Å². The first kappa shape index (κ1) is 22.4. The maximum Gasteiger partial charge on any atom is 0.243 e. The van der Waals surface area contributed by atoms with Crippen LogP contribution < -0.4 is 16.0 Å². The smallest absolute Gasteiger partial charge is 0.243 e. The predicted molar refractivity (Wildman–Crippen MR) is 96.4 cm³/mol. The summed E-state index contributed by atoms with van der Waals surface area (Å²) in [6.45, 7) is 11.7. The minimum absolute atomic E-state index is 0.120. The highest BCUT2D eigenvalue weighted by atomic mass is 16.2. The molecule has 6 heteroatoms. The molecule has 0 aromatic carbocycles. The Hall–Kier alpha value is -1.59. The van der Waals surface area contributed by atoms with E-state index >= 15 is 0 Å². The van der Waals surface area contributed by atoms with Gasteiger partial charge in [-0.2, -0.15) is 0 Å². The van der Waals surface area contributed by atoms with Gasteiger partial charge in [0.05, 0.1) is 0 Å². The van der Waals surface area contributed by atoms with E-state index in [0.29, 0.717) is 12.8 Å². The standard InChI is InChI=1S/C18H35N3O3/c1-8-9-10-14(22)20-13(11-12(2)3)16(23)21-15(17(24)19-7)18(4,5)6/h12-13,15H,8-11H2,1-7H3,(H,19,24)(H,20,22)(H,21,23)/t13-,15+/m0/s1. The number of unbranched alkanes of at least 4 members (excludes halogenated alkanes) is 1. The zero-order valence-corrected chi connectivity index (χ0v) is 16.3. The second-order valence-electron chi connectivity index (χ2n) is 7.78. The van der Waals surface area contributed by atoms with Crippen LogP contribution >= 0.6 is 0 Å². The number of rotatable bonds is 9. The molecule has 0 spiro atoms. The van der Waals surface area contributed by atoms with E-state index < -0.39 is 17.5 Å². The Labute approximate surface area is 146 Å². The van der Waals surface area contributed by atoms with Crippen LogP contribution in [0.1, 0.15) is 67.2 Å². The van der Waals surface area contributed by atoms with E-state index in [1.807, 2.05) is 41.5 Å². The number of amides is 3. The highest BCUT2D eigenvalue weighted by Gasteiger charge is 2.34. The van der Waals surface area contributed by atoms with Crippen molar-refractivity contribution < 1.29 is 14.4 Å². The lowest BCUT2D eigenvalue weighted by Gasteiger charge is -2.31. The van der Waals surface area contributed by atoms with Crippen LogP contribution in [0.3, 0.4) is 0 Å². The highest BCUT2D eigenvalue weighted by molar-refractivity contribution is 5.92. The lowest BCUT2D eigenvalue weighted by molar-refractivity contribution is -0.134. The van der Waals surface area contributed by atoms with Crippen LogP contribution in [0.15, 0.2) is 0 Å². The van der Waals surface area contributed by atoms with Crippen LogP contribution in [0.2, 0.25) is 0 Å². The maximum absolute atomic E-state index is 12.7. The Morgan fingerprint density at radius 2 is 1.58 bits per heavy atom. The van der Waals surface area contributed by atoms with Gasteiger partial charge in [0.15, 0.2) is 0 Å². The second kappa shape index (κ2) is 10.3. The van der Waals surface area contributed by atoms with Crippen molar-refractivity contribution in [3.8, 4) is 0 Å². The Morgan fingerprint density at radius 1 is 1.00 bits per heavy atom. The van der Waals surface area contributed by atoms with Gasteiger partial charge in [-0.05, 0) is 24.2 Å². The third-order valence-electron chi connectivity index (χ3n) is 3.78. The zero-order valence-electron chi connectivity index (χ0n) is 16.3. The topological polar surface area (TPSA) is 87.3 Å². The first-order valence-corrected chi connectivity index (χ1v) is 8.84. The molecule has 6 nitrogen and oxygen atoms in total. The van der Waals surface area contributed by atoms with Gasteiger partial charge in [-0.15, -0.1) is 0 Å². The third-order valence-corrected chi connectivity index (χ3v) is 3.78. The molecule has 0 bridgehead atoms. The molecule has 0 aromatic rings. The van der Waals surface area contributed by atoms with Crippen molar-refractivity contribution in [1.82, 2.24) is 16.0 Å². The fraction of sp³-hybridized carbons (Fsp3) is 0.833. The van der Waals surface area contributed by atoms with Gasteiger partial charge < -0.3 is 16.0 Å². The van der Waals surface area contributed by atoms with Crippen molar-refractivity contribution in [1.29, 1.82) is 0 Å². The van der Waals surface area contributed by atoms with E-state index in [1.165, 1.54) is 0 Å². The number of hydrogen-bond acceptors (Lipinski definition) is 3. The lowest BCUT2D eigenvalue weighted by atomic mass is 9.85. The van der Waals surface area contributed by atoms with Crippen LogP contribution in [0.25, 0.3) is 0 Å². The maximum atomic E-state index is 12.7. The molecule has 0 heterocycles. The molecular weight excluding hydrogens is 306 g/mol. The van der Waals surface area contributed by atoms with Gasteiger partial charge >= 0.3 is 0 Å². The van der Waals surface area contributed by atoms with Crippen molar-refractivity contribution in [2.24, 2.45) is 11.3 Å². The fourth-order valence-electron chi connectivity index (χ4n) is 2.37. The van der Waals surface area contributed by atoms with Gasteiger partial charge in [-0.3, -0.25) is 14.4 Å². The fourth-order valence-corrected chi connectivity index (χ4v) is 2.37. The Balaban J connectivity index is 5.08. The lowest BCUT2D eigenvalue weighted by Crippen LogP contribution is -2.57. The van der Waals surface area contributed by atoms with Gasteiger partial charge in [0, 0.05) is 13.5 Å². The molecule has 0 fully saturated rings. The summed E-state index contributed by atoms with van der Waals surface area (Å²) < 4.78 is 0. The van der Waals surface area contributed by atoms with E-state index in [2.05, 4.69) is 16.0 Å². The second-order valence-corrected chi connectivity index (χ2v) is 7.78. The summed E-state index contributed by atoms with van der Waals surface area (Å²) in [4.78, 5) is 36.7. The molecule has 3 amide bonds. The minimum Gasteiger partial charge on any atom is -0.357 e. The van der Waals surface area contributed by atoms with Crippen LogP contribution in [-0.4, -0.2) is 36.9 Å². The van der Waals surface area contributed by atoms with E-state index in [1.54, 1.807) is 7.05 Å². The molecule has 2 atom stereocenters. The Kier molecular flexibility index (Phi) is 9.63. The molecule has 24 heavy (non-hydrogen) atoms. The van der Waals surface area contributed by atoms with Crippen molar-refractivity contribution >= 4 is 17.7 Å². The van der Waals surface area contributed by atoms with Gasteiger partial charge in [0.1, 0.15) is 12.1 Å². The highest BCUT2D eigenvalue weighted by Crippen LogP contribution is 2.20. The largest absolute Gasteiger partial charge is 0.357 e. The first-order valence-electron chi connectivity index (χ1n) is 8.84. The summed E-state index contributed by atoms with van der Waals surface area (Å²) in [7, 11) is 1.55. The number of likely N-dealkylation sites (N-methyl/N-ethyl adjacent to an activating group) is 1. The SMILES string of the molecule is CCCCC(=O)N[C@@H](CC(C)C)C(=O)N[C@H](C(=O)NC)C(C)(C)C. The molecular formula is C18H35N3O3.